The number of ether oxygens (including phenoxy) is 2. The average molecular weight is 479 g/mol. The molecular formula is C25H28F3NO5. The Labute approximate surface area is 195 Å². The minimum Gasteiger partial charge on any atom is -0.507 e. The van der Waals surface area contributed by atoms with E-state index >= 15 is 0 Å². The second-order valence-electron chi connectivity index (χ2n) is 7.73. The van der Waals surface area contributed by atoms with Crippen molar-refractivity contribution < 1.29 is 32.2 Å². The van der Waals surface area contributed by atoms with E-state index in [9.17, 15) is 23.1 Å². The molecule has 0 spiro atoms. The summed E-state index contributed by atoms with van der Waals surface area (Å²) in [7, 11) is 0. The summed E-state index contributed by atoms with van der Waals surface area (Å²) in [5.74, 6) is -2.65. The molecule has 3 aromatic rings. The molecular weight excluding hydrogens is 451 g/mol. The van der Waals surface area contributed by atoms with Crippen LogP contribution >= 0.6 is 0 Å². The summed E-state index contributed by atoms with van der Waals surface area (Å²) in [6.45, 7) is 7.35. The number of hydrogen-bond acceptors (Lipinski definition) is 6. The van der Waals surface area contributed by atoms with E-state index in [2.05, 4.69) is 0 Å². The third-order valence-corrected chi connectivity index (χ3v) is 5.37. The lowest BCUT2D eigenvalue weighted by molar-refractivity contribution is -0.154. The van der Waals surface area contributed by atoms with Crippen molar-refractivity contribution in [1.82, 2.24) is 4.90 Å². The van der Waals surface area contributed by atoms with Crippen LogP contribution in [0, 0.1) is 0 Å². The molecule has 1 aromatic heterocycles. The van der Waals surface area contributed by atoms with Crippen LogP contribution in [0.25, 0.3) is 11.0 Å². The number of para-hydroxylation sites is 2. The second kappa shape index (κ2) is 10.8. The highest BCUT2D eigenvalue weighted by Gasteiger charge is 2.41. The van der Waals surface area contributed by atoms with Gasteiger partial charge in [-0.05, 0) is 50.7 Å². The second-order valence-corrected chi connectivity index (χ2v) is 7.73. The third-order valence-electron chi connectivity index (χ3n) is 5.37. The normalized spacial score (nSPS) is 11.9. The number of nitrogens with zero attached hydrogens (tertiary/aromatic N) is 1. The van der Waals surface area contributed by atoms with Gasteiger partial charge in [0.15, 0.2) is 11.5 Å². The topological polar surface area (TPSA) is 72.1 Å². The Balaban J connectivity index is 2.20. The number of aromatic hydroxyl groups is 1. The summed E-state index contributed by atoms with van der Waals surface area (Å²) in [6, 6.07) is 8.65. The zero-order valence-electron chi connectivity index (χ0n) is 19.4. The molecule has 0 aliphatic carbocycles. The number of rotatable bonds is 10. The lowest BCUT2D eigenvalue weighted by Crippen LogP contribution is -2.24. The van der Waals surface area contributed by atoms with Crippen LogP contribution in [0.3, 0.4) is 0 Å². The first-order valence-electron chi connectivity index (χ1n) is 11.2. The lowest BCUT2D eigenvalue weighted by atomic mass is 10.1. The standard InChI is InChI=1S/C25H28F3NO5/c1-4-7-14-29(5-2)15-17-18(30)13-12-16-21(31)23(24(25(26,27)28)34-22(16)17)33-20-11-9-8-10-19(20)32-6-3/h8-13,30H,4-7,14-15H2,1-3H3. The summed E-state index contributed by atoms with van der Waals surface area (Å²) in [4.78, 5) is 15.2. The van der Waals surface area contributed by atoms with E-state index < -0.39 is 23.1 Å². The van der Waals surface area contributed by atoms with Crippen molar-refractivity contribution in [2.75, 3.05) is 19.7 Å². The SMILES string of the molecule is CCCCN(CC)Cc1c(O)ccc2c(=O)c(Oc3ccccc3OCC)c(C(F)(F)F)oc12. The molecule has 1 heterocycles. The number of unbranched alkanes of at least 4 members (excludes halogenated alkanes) is 1. The summed E-state index contributed by atoms with van der Waals surface area (Å²) >= 11 is 0. The van der Waals surface area contributed by atoms with Gasteiger partial charge >= 0.3 is 6.18 Å². The maximum absolute atomic E-state index is 14.0. The molecule has 0 aliphatic heterocycles. The van der Waals surface area contributed by atoms with Crippen molar-refractivity contribution in [3.8, 4) is 23.0 Å². The van der Waals surface area contributed by atoms with Crippen molar-refractivity contribution in [2.24, 2.45) is 0 Å². The van der Waals surface area contributed by atoms with Crippen LogP contribution in [-0.2, 0) is 12.7 Å². The molecule has 0 bridgehead atoms. The number of hydrogen-bond donors (Lipinski definition) is 1. The van der Waals surface area contributed by atoms with Crippen molar-refractivity contribution in [3.63, 3.8) is 0 Å². The van der Waals surface area contributed by atoms with E-state index in [0.29, 0.717) is 13.1 Å². The number of phenols is 1. The molecule has 0 fully saturated rings. The largest absolute Gasteiger partial charge is 0.507 e. The van der Waals surface area contributed by atoms with Crippen molar-refractivity contribution in [2.45, 2.75) is 46.3 Å². The summed E-state index contributed by atoms with van der Waals surface area (Å²) in [5.41, 5.74) is -1.17. The minimum atomic E-state index is -5.02. The Morgan fingerprint density at radius 2 is 1.76 bits per heavy atom. The van der Waals surface area contributed by atoms with Gasteiger partial charge < -0.3 is 19.0 Å². The van der Waals surface area contributed by atoms with Crippen molar-refractivity contribution in [1.29, 1.82) is 0 Å². The van der Waals surface area contributed by atoms with Gasteiger partial charge in [0.05, 0.1) is 17.6 Å². The van der Waals surface area contributed by atoms with E-state index in [1.54, 1.807) is 19.1 Å². The summed E-state index contributed by atoms with van der Waals surface area (Å²) in [5, 5.41) is 10.3. The molecule has 0 unspecified atom stereocenters. The van der Waals surface area contributed by atoms with Crippen LogP contribution in [0.2, 0.25) is 0 Å². The molecule has 2 aromatic carbocycles. The van der Waals surface area contributed by atoms with Gasteiger partial charge in [0.1, 0.15) is 11.3 Å². The van der Waals surface area contributed by atoms with Crippen molar-refractivity contribution in [3.05, 3.63) is 57.9 Å². The third kappa shape index (κ3) is 5.47. The molecule has 1 N–H and O–H groups in total. The van der Waals surface area contributed by atoms with E-state index in [-0.39, 0.29) is 46.9 Å². The van der Waals surface area contributed by atoms with Gasteiger partial charge in [-0.15, -0.1) is 0 Å². The molecule has 9 heteroatoms. The molecule has 0 saturated heterocycles. The Kier molecular flexibility index (Phi) is 8.09. The number of alkyl halides is 3. The molecule has 0 aliphatic rings. The molecule has 0 amide bonds. The quantitative estimate of drug-likeness (QED) is 0.366. The fraction of sp³-hybridized carbons (Fsp3) is 0.400. The van der Waals surface area contributed by atoms with Gasteiger partial charge in [-0.25, -0.2) is 0 Å². The predicted octanol–water partition coefficient (Wildman–Crippen LogP) is 6.33. The Morgan fingerprint density at radius 1 is 1.06 bits per heavy atom. The van der Waals surface area contributed by atoms with E-state index in [0.717, 1.165) is 12.8 Å². The van der Waals surface area contributed by atoms with Crippen LogP contribution in [0.5, 0.6) is 23.0 Å². The van der Waals surface area contributed by atoms with E-state index in [1.165, 1.54) is 24.3 Å². The van der Waals surface area contributed by atoms with E-state index in [1.807, 2.05) is 18.7 Å². The first-order chi connectivity index (χ1) is 16.2. The van der Waals surface area contributed by atoms with Gasteiger partial charge in [-0.1, -0.05) is 32.4 Å². The maximum Gasteiger partial charge on any atom is 0.453 e. The molecule has 0 radical (unpaired) electrons. The number of benzene rings is 2. The maximum atomic E-state index is 14.0. The smallest absolute Gasteiger partial charge is 0.453 e. The molecule has 0 saturated carbocycles. The van der Waals surface area contributed by atoms with Gasteiger partial charge in [-0.2, -0.15) is 13.2 Å². The number of phenolic OH excluding ortho intramolecular Hbond substituents is 1. The fourth-order valence-electron chi connectivity index (χ4n) is 3.59. The molecule has 184 valence electrons. The van der Waals surface area contributed by atoms with Gasteiger partial charge in [0.2, 0.25) is 11.2 Å². The highest BCUT2D eigenvalue weighted by Crippen LogP contribution is 2.41. The number of fused-ring (bicyclic) bond motifs is 1. The Hall–Kier alpha value is -3.20. The first kappa shape index (κ1) is 25.4. The van der Waals surface area contributed by atoms with Gasteiger partial charge in [-0.3, -0.25) is 9.69 Å². The molecule has 3 rings (SSSR count). The Bertz CT molecular complexity index is 1190. The lowest BCUT2D eigenvalue weighted by Gasteiger charge is -2.22. The molecule has 6 nitrogen and oxygen atoms in total. The highest BCUT2D eigenvalue weighted by atomic mass is 19.4. The van der Waals surface area contributed by atoms with Crippen LogP contribution < -0.4 is 14.9 Å². The zero-order valence-corrected chi connectivity index (χ0v) is 19.4. The monoisotopic (exact) mass is 479 g/mol. The fourth-order valence-corrected chi connectivity index (χ4v) is 3.59. The van der Waals surface area contributed by atoms with Crippen LogP contribution in [-0.4, -0.2) is 29.7 Å². The van der Waals surface area contributed by atoms with Crippen LogP contribution in [0.1, 0.15) is 44.9 Å². The molecule has 0 atom stereocenters. The predicted molar refractivity (Wildman–Crippen MR) is 123 cm³/mol. The summed E-state index contributed by atoms with van der Waals surface area (Å²) in [6.07, 6.45) is -3.19. The van der Waals surface area contributed by atoms with Gasteiger partial charge in [0.25, 0.3) is 5.76 Å². The van der Waals surface area contributed by atoms with Crippen LogP contribution in [0.15, 0.2) is 45.6 Å². The first-order valence-corrected chi connectivity index (χ1v) is 11.2. The van der Waals surface area contributed by atoms with Crippen LogP contribution in [0.4, 0.5) is 13.2 Å². The Morgan fingerprint density at radius 3 is 2.38 bits per heavy atom. The average Bonchev–Trinajstić information content (AvgIpc) is 2.80. The highest BCUT2D eigenvalue weighted by molar-refractivity contribution is 5.83. The van der Waals surface area contributed by atoms with E-state index in [4.69, 9.17) is 13.9 Å². The zero-order chi connectivity index (χ0) is 24.9. The number of halogens is 3. The van der Waals surface area contributed by atoms with Crippen molar-refractivity contribution >= 4 is 11.0 Å². The summed E-state index contributed by atoms with van der Waals surface area (Å²) < 4.78 is 58.2. The van der Waals surface area contributed by atoms with Gasteiger partial charge in [0, 0.05) is 6.54 Å². The minimum absolute atomic E-state index is 0.0442. The molecule has 34 heavy (non-hydrogen) atoms.